The Balaban J connectivity index is 1.90. The zero-order chi connectivity index (χ0) is 25.7. The first kappa shape index (κ1) is 26.5. The second-order valence-corrected chi connectivity index (χ2v) is 7.99. The van der Waals surface area contributed by atoms with Crippen LogP contribution in [-0.2, 0) is 14.2 Å². The molecule has 0 aliphatic carbocycles. The van der Waals surface area contributed by atoms with E-state index in [9.17, 15) is 40.9 Å². The van der Waals surface area contributed by atoms with Crippen LogP contribution in [0.2, 0.25) is 0 Å². The molecule has 35 heavy (non-hydrogen) atoms. The number of methoxy groups -OCH3 is 1. The Kier molecular flexibility index (Phi) is 8.76. The van der Waals surface area contributed by atoms with Crippen molar-refractivity contribution in [2.75, 3.05) is 13.7 Å². The van der Waals surface area contributed by atoms with E-state index in [0.29, 0.717) is 11.1 Å². The maximum atomic E-state index is 10.4. The first-order valence-electron chi connectivity index (χ1n) is 10.7. The van der Waals surface area contributed by atoms with Crippen LogP contribution in [-0.4, -0.2) is 91.4 Å². The minimum Gasteiger partial charge on any atom is -0.504 e. The summed E-state index contributed by atoms with van der Waals surface area (Å²) in [6, 6.07) is 8.03. The molecule has 2 aromatic carbocycles. The van der Waals surface area contributed by atoms with Crippen molar-refractivity contribution >= 4 is 0 Å². The maximum Gasteiger partial charge on any atom is 0.187 e. The Bertz CT molecular complexity index is 1060. The summed E-state index contributed by atoms with van der Waals surface area (Å²) >= 11 is 0. The Labute approximate surface area is 201 Å². The average Bonchev–Trinajstić information content (AvgIpc) is 2.84. The Morgan fingerprint density at radius 1 is 0.886 bits per heavy atom. The summed E-state index contributed by atoms with van der Waals surface area (Å²) in [6.07, 6.45) is -9.49. The van der Waals surface area contributed by atoms with Gasteiger partial charge in [0, 0.05) is 19.1 Å². The number of ether oxygens (including phenoxy) is 3. The highest BCUT2D eigenvalue weighted by Gasteiger charge is 2.45. The fraction of sp³-hybridized carbons (Fsp3) is 0.417. The van der Waals surface area contributed by atoms with Crippen LogP contribution in [0.25, 0.3) is 0 Å². The van der Waals surface area contributed by atoms with E-state index in [0.717, 1.165) is 0 Å². The molecule has 0 bridgehead atoms. The Hall–Kier alpha value is -3.08. The van der Waals surface area contributed by atoms with E-state index in [1.807, 2.05) is 0 Å². The Morgan fingerprint density at radius 2 is 1.54 bits per heavy atom. The molecule has 0 amide bonds. The van der Waals surface area contributed by atoms with Gasteiger partial charge in [-0.1, -0.05) is 17.9 Å². The summed E-state index contributed by atoms with van der Waals surface area (Å²) in [4.78, 5) is 0. The topological polar surface area (TPSA) is 190 Å². The molecule has 8 N–H and O–H groups in total. The van der Waals surface area contributed by atoms with Crippen molar-refractivity contribution in [1.29, 1.82) is 0 Å². The van der Waals surface area contributed by atoms with Gasteiger partial charge in [0.2, 0.25) is 0 Å². The van der Waals surface area contributed by atoms with Crippen LogP contribution in [0.3, 0.4) is 0 Å². The van der Waals surface area contributed by atoms with E-state index >= 15 is 0 Å². The number of hydrogen-bond acceptors (Lipinski definition) is 11. The van der Waals surface area contributed by atoms with Crippen LogP contribution in [0.15, 0.2) is 36.4 Å². The molecule has 1 aliphatic heterocycles. The van der Waals surface area contributed by atoms with Crippen molar-refractivity contribution in [2.24, 2.45) is 0 Å². The lowest BCUT2D eigenvalue weighted by Gasteiger charge is -2.41. The summed E-state index contributed by atoms with van der Waals surface area (Å²) in [6.45, 7) is -0.640. The van der Waals surface area contributed by atoms with Gasteiger partial charge in [-0.2, -0.15) is 0 Å². The van der Waals surface area contributed by atoms with Crippen molar-refractivity contribution < 1.29 is 55.1 Å². The normalized spacial score (nSPS) is 25.9. The highest BCUT2D eigenvalue weighted by atomic mass is 16.7. The van der Waals surface area contributed by atoms with E-state index in [1.165, 1.54) is 43.5 Å². The zero-order valence-corrected chi connectivity index (χ0v) is 18.7. The molecule has 1 saturated heterocycles. The van der Waals surface area contributed by atoms with Crippen LogP contribution in [0.1, 0.15) is 23.7 Å². The summed E-state index contributed by atoms with van der Waals surface area (Å²) in [7, 11) is 1.36. The lowest BCUT2D eigenvalue weighted by Crippen LogP contribution is -2.59. The van der Waals surface area contributed by atoms with E-state index in [4.69, 9.17) is 14.2 Å². The third-order valence-electron chi connectivity index (χ3n) is 5.59. The van der Waals surface area contributed by atoms with Gasteiger partial charge in [-0.25, -0.2) is 0 Å². The predicted molar refractivity (Wildman–Crippen MR) is 119 cm³/mol. The second-order valence-electron chi connectivity index (χ2n) is 7.99. The lowest BCUT2D eigenvalue weighted by atomic mass is 9.98. The molecule has 7 atom stereocenters. The minimum absolute atomic E-state index is 0.0448. The van der Waals surface area contributed by atoms with Gasteiger partial charge in [0.1, 0.15) is 36.6 Å². The first-order valence-corrected chi connectivity index (χ1v) is 10.7. The van der Waals surface area contributed by atoms with Crippen molar-refractivity contribution in [3.63, 3.8) is 0 Å². The van der Waals surface area contributed by atoms with Gasteiger partial charge in [-0.15, -0.1) is 0 Å². The van der Waals surface area contributed by atoms with Crippen molar-refractivity contribution in [3.05, 3.63) is 47.5 Å². The molecule has 190 valence electrons. The smallest absolute Gasteiger partial charge is 0.187 e. The Morgan fingerprint density at radius 3 is 2.14 bits per heavy atom. The standard InChI is InChI=1S/C24H28O11/c1-33-23(13-6-8-15(27)17(29)10-13)18(4-2-3-12-5-7-14(26)16(28)9-12)34-24-22(32)21(31)20(30)19(11-25)35-24/h5-10,18-32H,4,11H2,1H3/t18-,19-,20-,21+,22-,23-,24-/m1/s1. The van der Waals surface area contributed by atoms with Crippen molar-refractivity contribution in [1.82, 2.24) is 0 Å². The monoisotopic (exact) mass is 492 g/mol. The number of benzene rings is 2. The summed E-state index contributed by atoms with van der Waals surface area (Å²) < 4.78 is 16.9. The highest BCUT2D eigenvalue weighted by Crippen LogP contribution is 2.34. The molecule has 0 radical (unpaired) electrons. The molecule has 1 heterocycles. The van der Waals surface area contributed by atoms with E-state index in [-0.39, 0.29) is 23.7 Å². The number of aromatic hydroxyl groups is 4. The first-order chi connectivity index (χ1) is 16.7. The van der Waals surface area contributed by atoms with Crippen molar-refractivity contribution in [3.8, 4) is 34.8 Å². The second kappa shape index (κ2) is 11.6. The summed E-state index contributed by atoms with van der Waals surface area (Å²) in [5.74, 6) is 4.26. The van der Waals surface area contributed by atoms with Crippen molar-refractivity contribution in [2.45, 2.75) is 49.3 Å². The predicted octanol–water partition coefficient (Wildman–Crippen LogP) is -0.177. The van der Waals surface area contributed by atoms with Crippen LogP contribution in [0.4, 0.5) is 0 Å². The molecule has 2 aromatic rings. The zero-order valence-electron chi connectivity index (χ0n) is 18.7. The van der Waals surface area contributed by atoms with E-state index in [1.54, 1.807) is 0 Å². The molecule has 11 heteroatoms. The molecule has 0 saturated carbocycles. The fourth-order valence-corrected chi connectivity index (χ4v) is 3.65. The lowest BCUT2D eigenvalue weighted by molar-refractivity contribution is -0.317. The van der Waals surface area contributed by atoms with Crippen LogP contribution in [0.5, 0.6) is 23.0 Å². The molecule has 1 aliphatic rings. The maximum absolute atomic E-state index is 10.4. The number of rotatable bonds is 7. The van der Waals surface area contributed by atoms with Gasteiger partial charge in [-0.05, 0) is 35.9 Å². The third kappa shape index (κ3) is 6.14. The average molecular weight is 492 g/mol. The summed E-state index contributed by atoms with van der Waals surface area (Å²) in [5, 5.41) is 78.6. The van der Waals surface area contributed by atoms with Gasteiger partial charge >= 0.3 is 0 Å². The van der Waals surface area contributed by atoms with E-state index < -0.39 is 55.3 Å². The quantitative estimate of drug-likeness (QED) is 0.189. The SMILES string of the molecule is CO[C@H](c1ccc(O)c(O)c1)[C@@H](CC#Cc1ccc(O)c(O)c1)O[C@@H]1O[C@H](CO)[C@@H](O)[C@H](O)[C@H]1O. The fourth-order valence-electron chi connectivity index (χ4n) is 3.65. The van der Waals surface area contributed by atoms with Crippen LogP contribution < -0.4 is 0 Å². The molecule has 0 aromatic heterocycles. The largest absolute Gasteiger partial charge is 0.504 e. The number of aliphatic hydroxyl groups excluding tert-OH is 4. The number of phenolic OH excluding ortho intramolecular Hbond substituents is 4. The number of hydrogen-bond donors (Lipinski definition) is 8. The number of phenols is 4. The molecule has 1 fully saturated rings. The summed E-state index contributed by atoms with van der Waals surface area (Å²) in [5.41, 5.74) is 0.782. The van der Waals surface area contributed by atoms with Gasteiger partial charge in [0.05, 0.1) is 6.61 Å². The van der Waals surface area contributed by atoms with E-state index in [2.05, 4.69) is 11.8 Å². The highest BCUT2D eigenvalue weighted by molar-refractivity contribution is 5.46. The van der Waals surface area contributed by atoms with Gasteiger partial charge in [0.25, 0.3) is 0 Å². The minimum atomic E-state index is -1.66. The van der Waals surface area contributed by atoms with Crippen LogP contribution >= 0.6 is 0 Å². The molecule has 3 rings (SSSR count). The van der Waals surface area contributed by atoms with Gasteiger partial charge in [0.15, 0.2) is 29.3 Å². The molecular weight excluding hydrogens is 464 g/mol. The third-order valence-corrected chi connectivity index (χ3v) is 5.59. The molecule has 0 spiro atoms. The molecule has 0 unspecified atom stereocenters. The number of aliphatic hydroxyl groups is 4. The molecular formula is C24H28O11. The van der Waals surface area contributed by atoms with Gasteiger partial charge in [-0.3, -0.25) is 0 Å². The molecule has 11 nitrogen and oxygen atoms in total. The van der Waals surface area contributed by atoms with Crippen LogP contribution in [0, 0.1) is 11.8 Å². The van der Waals surface area contributed by atoms with Gasteiger partial charge < -0.3 is 55.1 Å².